The number of rotatable bonds is 9. The lowest BCUT2D eigenvalue weighted by molar-refractivity contribution is -0.124. The molecule has 8 heteroatoms. The maximum atomic E-state index is 13.5. The van der Waals surface area contributed by atoms with E-state index >= 15 is 0 Å². The van der Waals surface area contributed by atoms with Crippen LogP contribution in [0, 0.1) is 0 Å². The van der Waals surface area contributed by atoms with Gasteiger partial charge in [0.1, 0.15) is 0 Å². The Morgan fingerprint density at radius 1 is 1.09 bits per heavy atom. The van der Waals surface area contributed by atoms with Gasteiger partial charge in [0.2, 0.25) is 5.91 Å². The molecule has 172 valence electrons. The number of carbonyl (C=O) groups is 2. The van der Waals surface area contributed by atoms with Crippen molar-refractivity contribution in [2.24, 2.45) is 0 Å². The summed E-state index contributed by atoms with van der Waals surface area (Å²) in [4.78, 5) is 29.6. The molecule has 1 heterocycles. The summed E-state index contributed by atoms with van der Waals surface area (Å²) < 4.78 is 16.0. The van der Waals surface area contributed by atoms with E-state index < -0.39 is 12.0 Å². The average Bonchev–Trinajstić information content (AvgIpc) is 2.83. The van der Waals surface area contributed by atoms with Crippen LogP contribution in [0.25, 0.3) is 0 Å². The summed E-state index contributed by atoms with van der Waals surface area (Å²) in [6.45, 7) is 1.05. The van der Waals surface area contributed by atoms with Gasteiger partial charge in [0, 0.05) is 37.8 Å². The third-order valence-corrected chi connectivity index (χ3v) is 6.48. The van der Waals surface area contributed by atoms with Gasteiger partial charge in [0.05, 0.1) is 26.2 Å². The number of ether oxygens (including phenoxy) is 3. The quantitative estimate of drug-likeness (QED) is 0.458. The smallest absolute Gasteiger partial charge is 0.254 e. The minimum Gasteiger partial charge on any atom is -0.493 e. The Bertz CT molecular complexity index is 964. The number of thioether (sulfide) groups is 1. The molecular formula is C24H30N2O5S. The lowest BCUT2D eigenvalue weighted by atomic mass is 9.79. The van der Waals surface area contributed by atoms with Crippen molar-refractivity contribution >= 4 is 23.6 Å². The predicted octanol–water partition coefficient (Wildman–Crippen LogP) is 3.49. The number of benzene rings is 2. The molecular weight excluding hydrogens is 428 g/mol. The zero-order valence-corrected chi connectivity index (χ0v) is 20.0. The van der Waals surface area contributed by atoms with Crippen molar-refractivity contribution in [1.82, 2.24) is 10.2 Å². The fourth-order valence-electron chi connectivity index (χ4n) is 4.09. The molecule has 1 aliphatic rings. The van der Waals surface area contributed by atoms with Gasteiger partial charge in [-0.15, -0.1) is 11.8 Å². The lowest BCUT2D eigenvalue weighted by Crippen LogP contribution is -2.46. The maximum Gasteiger partial charge on any atom is 0.254 e. The number of amides is 2. The second kappa shape index (κ2) is 10.7. The Morgan fingerprint density at radius 2 is 1.75 bits per heavy atom. The van der Waals surface area contributed by atoms with Crippen LogP contribution in [0.1, 0.15) is 39.9 Å². The standard InChI is InChI=1S/C24H30N2O5S/c1-26-22(15-7-9-16(32-5)10-8-15)21(23(27)25-11-6-12-29-2)17-13-19(30-3)20(31-4)14-18(17)24(26)28/h7-10,13-14,21-22H,6,11-12H2,1-5H3,(H,25,27)/t21-,22-/m1/s1. The third-order valence-electron chi connectivity index (χ3n) is 5.74. The number of methoxy groups -OCH3 is 3. The highest BCUT2D eigenvalue weighted by Gasteiger charge is 2.43. The summed E-state index contributed by atoms with van der Waals surface area (Å²) in [7, 11) is 6.44. The zero-order valence-electron chi connectivity index (χ0n) is 19.1. The number of hydrogen-bond acceptors (Lipinski definition) is 6. The molecule has 0 fully saturated rings. The summed E-state index contributed by atoms with van der Waals surface area (Å²) in [6, 6.07) is 10.9. The molecule has 1 N–H and O–H groups in total. The Labute approximate surface area is 193 Å². The van der Waals surface area contributed by atoms with E-state index in [1.165, 1.54) is 7.11 Å². The van der Waals surface area contributed by atoms with Crippen molar-refractivity contribution < 1.29 is 23.8 Å². The SMILES string of the molecule is COCCCNC(=O)[C@@H]1c2cc(OC)c(OC)cc2C(=O)N(C)[C@@H]1c1ccc(SC)cc1. The van der Waals surface area contributed by atoms with Gasteiger partial charge in [0.15, 0.2) is 11.5 Å². The van der Waals surface area contributed by atoms with E-state index in [0.29, 0.717) is 42.2 Å². The highest BCUT2D eigenvalue weighted by molar-refractivity contribution is 7.98. The van der Waals surface area contributed by atoms with Crippen molar-refractivity contribution in [1.29, 1.82) is 0 Å². The van der Waals surface area contributed by atoms with Crippen LogP contribution in [-0.2, 0) is 9.53 Å². The highest BCUT2D eigenvalue weighted by atomic mass is 32.2. The molecule has 2 atom stereocenters. The normalized spacial score (nSPS) is 17.7. The van der Waals surface area contributed by atoms with Gasteiger partial charge in [-0.2, -0.15) is 0 Å². The van der Waals surface area contributed by atoms with Gasteiger partial charge in [-0.05, 0) is 48.1 Å². The number of hydrogen-bond donors (Lipinski definition) is 1. The van der Waals surface area contributed by atoms with Crippen molar-refractivity contribution in [3.63, 3.8) is 0 Å². The summed E-state index contributed by atoms with van der Waals surface area (Å²) in [5.41, 5.74) is 1.98. The summed E-state index contributed by atoms with van der Waals surface area (Å²) in [5.74, 6) is 0.0265. The Hall–Kier alpha value is -2.71. The highest BCUT2D eigenvalue weighted by Crippen LogP contribution is 2.45. The molecule has 0 aromatic heterocycles. The van der Waals surface area contributed by atoms with Crippen LogP contribution in [0.3, 0.4) is 0 Å². The van der Waals surface area contributed by atoms with Gasteiger partial charge < -0.3 is 24.4 Å². The second-order valence-electron chi connectivity index (χ2n) is 7.54. The van der Waals surface area contributed by atoms with Crippen LogP contribution in [0.2, 0.25) is 0 Å². The van der Waals surface area contributed by atoms with Crippen LogP contribution < -0.4 is 14.8 Å². The summed E-state index contributed by atoms with van der Waals surface area (Å²) >= 11 is 1.64. The maximum absolute atomic E-state index is 13.5. The predicted molar refractivity (Wildman–Crippen MR) is 125 cm³/mol. The monoisotopic (exact) mass is 458 g/mol. The largest absolute Gasteiger partial charge is 0.493 e. The first-order chi connectivity index (χ1) is 15.5. The number of likely N-dealkylation sites (N-methyl/N-ethyl adjacent to an activating group) is 1. The van der Waals surface area contributed by atoms with Crippen molar-refractivity contribution in [3.05, 3.63) is 53.1 Å². The lowest BCUT2D eigenvalue weighted by Gasteiger charge is -2.40. The van der Waals surface area contributed by atoms with Gasteiger partial charge in [0.25, 0.3) is 5.91 Å². The van der Waals surface area contributed by atoms with E-state index in [-0.39, 0.29) is 11.8 Å². The zero-order chi connectivity index (χ0) is 23.3. The first kappa shape index (κ1) is 23.9. The Kier molecular flexibility index (Phi) is 8.04. The molecule has 0 spiro atoms. The molecule has 0 saturated heterocycles. The van der Waals surface area contributed by atoms with Gasteiger partial charge >= 0.3 is 0 Å². The minimum atomic E-state index is -0.602. The van der Waals surface area contributed by atoms with Crippen LogP contribution in [0.15, 0.2) is 41.3 Å². The number of carbonyl (C=O) groups excluding carboxylic acids is 2. The van der Waals surface area contributed by atoms with Gasteiger partial charge in [-0.25, -0.2) is 0 Å². The minimum absolute atomic E-state index is 0.145. The molecule has 32 heavy (non-hydrogen) atoms. The molecule has 0 saturated carbocycles. The molecule has 7 nitrogen and oxygen atoms in total. The number of nitrogens with zero attached hydrogens (tertiary/aromatic N) is 1. The second-order valence-corrected chi connectivity index (χ2v) is 8.42. The van der Waals surface area contributed by atoms with E-state index in [9.17, 15) is 9.59 Å². The fraction of sp³-hybridized carbons (Fsp3) is 0.417. The van der Waals surface area contributed by atoms with Crippen LogP contribution in [0.5, 0.6) is 11.5 Å². The average molecular weight is 459 g/mol. The molecule has 2 aromatic rings. The van der Waals surface area contributed by atoms with E-state index in [1.807, 2.05) is 30.5 Å². The Balaban J connectivity index is 2.10. The molecule has 0 bridgehead atoms. The van der Waals surface area contributed by atoms with Gasteiger partial charge in [-0.1, -0.05) is 12.1 Å². The topological polar surface area (TPSA) is 77.1 Å². The molecule has 0 aliphatic carbocycles. The molecule has 2 amide bonds. The van der Waals surface area contributed by atoms with E-state index in [1.54, 1.807) is 50.1 Å². The summed E-state index contributed by atoms with van der Waals surface area (Å²) in [5, 5.41) is 3.02. The van der Waals surface area contributed by atoms with Crippen molar-refractivity contribution in [2.75, 3.05) is 47.8 Å². The first-order valence-electron chi connectivity index (χ1n) is 10.4. The van der Waals surface area contributed by atoms with Crippen LogP contribution in [-0.4, -0.2) is 64.5 Å². The van der Waals surface area contributed by atoms with E-state index in [0.717, 1.165) is 10.5 Å². The van der Waals surface area contributed by atoms with E-state index in [4.69, 9.17) is 14.2 Å². The first-order valence-corrected chi connectivity index (χ1v) is 11.6. The fourth-order valence-corrected chi connectivity index (χ4v) is 4.50. The Morgan fingerprint density at radius 3 is 2.34 bits per heavy atom. The molecule has 0 radical (unpaired) electrons. The van der Waals surface area contributed by atoms with Crippen LogP contribution in [0.4, 0.5) is 0 Å². The van der Waals surface area contributed by atoms with Crippen molar-refractivity contribution in [3.8, 4) is 11.5 Å². The molecule has 1 aliphatic heterocycles. The number of nitrogens with one attached hydrogen (secondary N) is 1. The molecule has 0 unspecified atom stereocenters. The molecule has 2 aromatic carbocycles. The van der Waals surface area contributed by atoms with Gasteiger partial charge in [-0.3, -0.25) is 9.59 Å². The summed E-state index contributed by atoms with van der Waals surface area (Å²) in [6.07, 6.45) is 2.72. The number of fused-ring (bicyclic) bond motifs is 1. The third kappa shape index (κ3) is 4.71. The van der Waals surface area contributed by atoms with E-state index in [2.05, 4.69) is 5.32 Å². The van der Waals surface area contributed by atoms with Crippen molar-refractivity contribution in [2.45, 2.75) is 23.3 Å². The van der Waals surface area contributed by atoms with Crippen LogP contribution >= 0.6 is 11.8 Å². The molecule has 3 rings (SSSR count).